The van der Waals surface area contributed by atoms with Gasteiger partial charge in [-0.15, -0.1) is 0 Å². The maximum absolute atomic E-state index is 12.8. The van der Waals surface area contributed by atoms with Crippen molar-refractivity contribution in [2.75, 3.05) is 26.2 Å². The first kappa shape index (κ1) is 12.7. The Bertz CT molecular complexity index is 444. The van der Waals surface area contributed by atoms with Crippen molar-refractivity contribution >= 4 is 5.91 Å². The number of nitrogens with zero attached hydrogens (tertiary/aromatic N) is 1. The van der Waals surface area contributed by atoms with Crippen LogP contribution in [0.15, 0.2) is 24.3 Å². The zero-order valence-electron chi connectivity index (χ0n) is 11.6. The number of hydrogen-bond acceptors (Lipinski definition) is 2. The smallest absolute Gasteiger partial charge is 0.230 e. The minimum absolute atomic E-state index is 0.0960. The fourth-order valence-corrected chi connectivity index (χ4v) is 2.90. The van der Waals surface area contributed by atoms with Crippen molar-refractivity contribution in [2.24, 2.45) is 5.92 Å². The molecule has 1 heterocycles. The molecule has 1 atom stereocenters. The van der Waals surface area contributed by atoms with Crippen LogP contribution in [0.4, 0.5) is 0 Å². The molecule has 1 N–H and O–H groups in total. The van der Waals surface area contributed by atoms with Gasteiger partial charge in [0.05, 0.1) is 5.92 Å². The van der Waals surface area contributed by atoms with Gasteiger partial charge in [-0.2, -0.15) is 0 Å². The third kappa shape index (κ3) is 2.81. The van der Waals surface area contributed by atoms with Gasteiger partial charge in [-0.1, -0.05) is 29.8 Å². The fourth-order valence-electron chi connectivity index (χ4n) is 2.90. The number of carbonyl (C=O) groups is 1. The van der Waals surface area contributed by atoms with Crippen molar-refractivity contribution in [2.45, 2.75) is 25.7 Å². The van der Waals surface area contributed by atoms with Gasteiger partial charge >= 0.3 is 0 Å². The first-order valence-electron chi connectivity index (χ1n) is 7.32. The van der Waals surface area contributed by atoms with Crippen LogP contribution in [-0.4, -0.2) is 37.0 Å². The number of nitrogens with one attached hydrogen (secondary N) is 1. The molecule has 1 aromatic rings. The summed E-state index contributed by atoms with van der Waals surface area (Å²) in [5, 5.41) is 3.31. The van der Waals surface area contributed by atoms with Crippen molar-refractivity contribution in [3.05, 3.63) is 35.4 Å². The molecular weight excluding hydrogens is 236 g/mol. The monoisotopic (exact) mass is 258 g/mol. The van der Waals surface area contributed by atoms with Gasteiger partial charge in [-0.05, 0) is 31.2 Å². The second-order valence-electron chi connectivity index (χ2n) is 5.80. The molecule has 0 radical (unpaired) electrons. The summed E-state index contributed by atoms with van der Waals surface area (Å²) in [6.45, 7) is 5.66. The standard InChI is InChI=1S/C16H22N2O/c1-12-2-4-13(5-3-12)15(14-6-7-14)16(19)18-10-8-17-9-11-18/h2-5,14-15,17H,6-11H2,1H3. The third-order valence-corrected chi connectivity index (χ3v) is 4.22. The summed E-state index contributed by atoms with van der Waals surface area (Å²) >= 11 is 0. The van der Waals surface area contributed by atoms with E-state index in [0.717, 1.165) is 26.2 Å². The Morgan fingerprint density at radius 2 is 1.84 bits per heavy atom. The van der Waals surface area contributed by atoms with E-state index in [2.05, 4.69) is 36.5 Å². The number of piperazine rings is 1. The molecular formula is C16H22N2O. The largest absolute Gasteiger partial charge is 0.340 e. The fraction of sp³-hybridized carbons (Fsp3) is 0.562. The highest BCUT2D eigenvalue weighted by Crippen LogP contribution is 2.43. The van der Waals surface area contributed by atoms with Crippen LogP contribution < -0.4 is 5.32 Å². The van der Waals surface area contributed by atoms with Gasteiger partial charge in [0, 0.05) is 26.2 Å². The first-order chi connectivity index (χ1) is 9.25. The van der Waals surface area contributed by atoms with Gasteiger partial charge in [0.15, 0.2) is 0 Å². The molecule has 1 saturated heterocycles. The first-order valence-corrected chi connectivity index (χ1v) is 7.32. The Labute approximate surface area is 115 Å². The van der Waals surface area contributed by atoms with E-state index in [4.69, 9.17) is 0 Å². The van der Waals surface area contributed by atoms with Gasteiger partial charge in [-0.25, -0.2) is 0 Å². The van der Waals surface area contributed by atoms with E-state index in [1.807, 2.05) is 4.90 Å². The summed E-state index contributed by atoms with van der Waals surface area (Å²) in [5.41, 5.74) is 2.46. The quantitative estimate of drug-likeness (QED) is 0.898. The minimum atomic E-state index is 0.0960. The minimum Gasteiger partial charge on any atom is -0.340 e. The number of carbonyl (C=O) groups excluding carboxylic acids is 1. The summed E-state index contributed by atoms with van der Waals surface area (Å²) in [6, 6.07) is 8.52. The average Bonchev–Trinajstić information content (AvgIpc) is 3.27. The van der Waals surface area contributed by atoms with E-state index in [1.165, 1.54) is 24.0 Å². The zero-order valence-corrected chi connectivity index (χ0v) is 11.6. The van der Waals surface area contributed by atoms with Crippen LogP contribution in [-0.2, 0) is 4.79 Å². The highest BCUT2D eigenvalue weighted by molar-refractivity contribution is 5.84. The number of aryl methyl sites for hydroxylation is 1. The lowest BCUT2D eigenvalue weighted by Crippen LogP contribution is -2.48. The molecule has 1 aromatic carbocycles. The second kappa shape index (κ2) is 5.33. The highest BCUT2D eigenvalue weighted by atomic mass is 16.2. The molecule has 0 bridgehead atoms. The lowest BCUT2D eigenvalue weighted by molar-refractivity contribution is -0.133. The van der Waals surface area contributed by atoms with Gasteiger partial charge in [0.2, 0.25) is 5.91 Å². The Kier molecular flexibility index (Phi) is 3.56. The Balaban J connectivity index is 1.80. The van der Waals surface area contributed by atoms with E-state index in [0.29, 0.717) is 11.8 Å². The van der Waals surface area contributed by atoms with Crippen molar-refractivity contribution in [1.82, 2.24) is 10.2 Å². The maximum Gasteiger partial charge on any atom is 0.230 e. The number of benzene rings is 1. The normalized spacial score (nSPS) is 21.2. The molecule has 19 heavy (non-hydrogen) atoms. The molecule has 0 spiro atoms. The molecule has 3 rings (SSSR count). The van der Waals surface area contributed by atoms with Gasteiger partial charge in [-0.3, -0.25) is 4.79 Å². The van der Waals surface area contributed by atoms with Crippen LogP contribution >= 0.6 is 0 Å². The second-order valence-corrected chi connectivity index (χ2v) is 5.80. The van der Waals surface area contributed by atoms with Crippen LogP contribution in [0.5, 0.6) is 0 Å². The topological polar surface area (TPSA) is 32.3 Å². The summed E-state index contributed by atoms with van der Waals surface area (Å²) in [6.07, 6.45) is 2.41. The predicted octanol–water partition coefficient (Wildman–Crippen LogP) is 1.92. The van der Waals surface area contributed by atoms with Crippen LogP contribution in [0, 0.1) is 12.8 Å². The van der Waals surface area contributed by atoms with E-state index < -0.39 is 0 Å². The Morgan fingerprint density at radius 1 is 1.21 bits per heavy atom. The summed E-state index contributed by atoms with van der Waals surface area (Å²) in [4.78, 5) is 14.8. The molecule has 3 nitrogen and oxygen atoms in total. The van der Waals surface area contributed by atoms with Crippen LogP contribution in [0.25, 0.3) is 0 Å². The van der Waals surface area contributed by atoms with Crippen LogP contribution in [0.1, 0.15) is 29.9 Å². The molecule has 2 fully saturated rings. The number of amides is 1. The van der Waals surface area contributed by atoms with Gasteiger partial charge < -0.3 is 10.2 Å². The molecule has 1 saturated carbocycles. The zero-order chi connectivity index (χ0) is 13.2. The highest BCUT2D eigenvalue weighted by Gasteiger charge is 2.39. The molecule has 1 unspecified atom stereocenters. The van der Waals surface area contributed by atoms with E-state index in [1.54, 1.807) is 0 Å². The van der Waals surface area contributed by atoms with Crippen molar-refractivity contribution in [1.29, 1.82) is 0 Å². The molecule has 0 aromatic heterocycles. The number of rotatable bonds is 3. The molecule has 3 heteroatoms. The van der Waals surface area contributed by atoms with Gasteiger partial charge in [0.25, 0.3) is 0 Å². The SMILES string of the molecule is Cc1ccc(C(C(=O)N2CCNCC2)C2CC2)cc1. The molecule has 1 amide bonds. The molecule has 1 aliphatic heterocycles. The van der Waals surface area contributed by atoms with Crippen molar-refractivity contribution in [3.63, 3.8) is 0 Å². The number of hydrogen-bond donors (Lipinski definition) is 1. The van der Waals surface area contributed by atoms with E-state index in [9.17, 15) is 4.79 Å². The third-order valence-electron chi connectivity index (χ3n) is 4.22. The van der Waals surface area contributed by atoms with Crippen LogP contribution in [0.3, 0.4) is 0 Å². The Morgan fingerprint density at radius 3 is 2.42 bits per heavy atom. The molecule has 102 valence electrons. The van der Waals surface area contributed by atoms with Crippen molar-refractivity contribution < 1.29 is 4.79 Å². The van der Waals surface area contributed by atoms with E-state index >= 15 is 0 Å². The summed E-state index contributed by atoms with van der Waals surface area (Å²) < 4.78 is 0. The summed E-state index contributed by atoms with van der Waals surface area (Å²) in [5.74, 6) is 1.01. The summed E-state index contributed by atoms with van der Waals surface area (Å²) in [7, 11) is 0. The molecule has 1 aliphatic carbocycles. The predicted molar refractivity (Wildman–Crippen MR) is 76.1 cm³/mol. The maximum atomic E-state index is 12.8. The lowest BCUT2D eigenvalue weighted by Gasteiger charge is -2.31. The van der Waals surface area contributed by atoms with Crippen LogP contribution in [0.2, 0.25) is 0 Å². The Hall–Kier alpha value is -1.35. The molecule has 2 aliphatic rings. The average molecular weight is 258 g/mol. The van der Waals surface area contributed by atoms with E-state index in [-0.39, 0.29) is 5.92 Å². The lowest BCUT2D eigenvalue weighted by atomic mass is 9.92. The van der Waals surface area contributed by atoms with Crippen molar-refractivity contribution in [3.8, 4) is 0 Å². The van der Waals surface area contributed by atoms with Gasteiger partial charge in [0.1, 0.15) is 0 Å².